The molecule has 0 unspecified atom stereocenters. The third kappa shape index (κ3) is 4.83. The van der Waals surface area contributed by atoms with Gasteiger partial charge in [0.2, 0.25) is 5.91 Å². The average molecular weight is 341 g/mol. The predicted octanol–water partition coefficient (Wildman–Crippen LogP) is 1.62. The standard InChI is InChI=1S/C15H18F3N5O/c16-15(17,18)11-3-4-13(22-9-11)21-6-5-20-10-14(24)23-7-1-2-12(23)8-19/h3-4,9,12,20H,1-2,5-7,10H2,(H,21,22)/t12-/m0/s1. The number of nitriles is 1. The molecule has 0 radical (unpaired) electrons. The first kappa shape index (κ1) is 18.0. The van der Waals surface area contributed by atoms with Gasteiger partial charge in [-0.1, -0.05) is 0 Å². The van der Waals surface area contributed by atoms with Crippen LogP contribution in [-0.2, 0) is 11.0 Å². The van der Waals surface area contributed by atoms with Crippen molar-refractivity contribution < 1.29 is 18.0 Å². The fourth-order valence-electron chi connectivity index (χ4n) is 2.44. The molecule has 1 aromatic rings. The number of hydrogen-bond donors (Lipinski definition) is 2. The zero-order valence-electron chi connectivity index (χ0n) is 12.9. The molecule has 0 spiro atoms. The zero-order chi connectivity index (χ0) is 17.6. The predicted molar refractivity (Wildman–Crippen MR) is 80.9 cm³/mol. The maximum absolute atomic E-state index is 12.4. The number of alkyl halides is 3. The maximum Gasteiger partial charge on any atom is 0.417 e. The first-order valence-corrected chi connectivity index (χ1v) is 7.59. The minimum Gasteiger partial charge on any atom is -0.369 e. The summed E-state index contributed by atoms with van der Waals surface area (Å²) in [5.74, 6) is 0.215. The van der Waals surface area contributed by atoms with E-state index in [9.17, 15) is 18.0 Å². The number of aromatic nitrogens is 1. The molecular weight excluding hydrogens is 323 g/mol. The number of nitrogens with zero attached hydrogens (tertiary/aromatic N) is 3. The second-order valence-electron chi connectivity index (χ2n) is 5.41. The van der Waals surface area contributed by atoms with Crippen LogP contribution in [0.25, 0.3) is 0 Å². The molecule has 0 bridgehead atoms. The molecule has 6 nitrogen and oxygen atoms in total. The number of nitrogens with one attached hydrogen (secondary N) is 2. The zero-order valence-corrected chi connectivity index (χ0v) is 12.9. The third-order valence-electron chi connectivity index (χ3n) is 3.70. The maximum atomic E-state index is 12.4. The Balaban J connectivity index is 1.66. The molecule has 1 amide bonds. The molecule has 9 heteroatoms. The Kier molecular flexibility index (Phi) is 5.98. The Morgan fingerprint density at radius 2 is 2.21 bits per heavy atom. The van der Waals surface area contributed by atoms with Gasteiger partial charge in [0.1, 0.15) is 11.9 Å². The van der Waals surface area contributed by atoms with Crippen LogP contribution in [0.1, 0.15) is 18.4 Å². The van der Waals surface area contributed by atoms with Crippen molar-refractivity contribution >= 4 is 11.7 Å². The molecule has 1 atom stereocenters. The van der Waals surface area contributed by atoms with Crippen LogP contribution in [0.15, 0.2) is 18.3 Å². The average Bonchev–Trinajstić information content (AvgIpc) is 3.02. The summed E-state index contributed by atoms with van der Waals surface area (Å²) in [7, 11) is 0. The summed E-state index contributed by atoms with van der Waals surface area (Å²) in [5.41, 5.74) is -0.797. The molecule has 0 saturated carbocycles. The van der Waals surface area contributed by atoms with E-state index in [1.165, 1.54) is 6.07 Å². The number of hydrogen-bond acceptors (Lipinski definition) is 5. The topological polar surface area (TPSA) is 81.0 Å². The molecule has 2 rings (SSSR count). The normalized spacial score (nSPS) is 17.6. The van der Waals surface area contributed by atoms with Crippen LogP contribution in [0.3, 0.4) is 0 Å². The number of halogens is 3. The van der Waals surface area contributed by atoms with Crippen LogP contribution < -0.4 is 10.6 Å². The number of amides is 1. The second-order valence-corrected chi connectivity index (χ2v) is 5.41. The lowest BCUT2D eigenvalue weighted by Crippen LogP contribution is -2.41. The minimum absolute atomic E-state index is 0.119. The van der Waals surface area contributed by atoms with Crippen molar-refractivity contribution in [1.82, 2.24) is 15.2 Å². The molecule has 24 heavy (non-hydrogen) atoms. The smallest absolute Gasteiger partial charge is 0.369 e. The van der Waals surface area contributed by atoms with Crippen LogP contribution in [0.4, 0.5) is 19.0 Å². The molecule has 130 valence electrons. The van der Waals surface area contributed by atoms with Crippen LogP contribution in [0.2, 0.25) is 0 Å². The lowest BCUT2D eigenvalue weighted by atomic mass is 10.2. The van der Waals surface area contributed by atoms with Crippen LogP contribution >= 0.6 is 0 Å². The summed E-state index contributed by atoms with van der Waals surface area (Å²) in [5, 5.41) is 14.7. The van der Waals surface area contributed by atoms with Crippen molar-refractivity contribution in [3.05, 3.63) is 23.9 Å². The lowest BCUT2D eigenvalue weighted by Gasteiger charge is -2.19. The number of carbonyl (C=O) groups excluding carboxylic acids is 1. The van der Waals surface area contributed by atoms with Crippen molar-refractivity contribution in [1.29, 1.82) is 5.26 Å². The van der Waals surface area contributed by atoms with Crippen molar-refractivity contribution in [3.8, 4) is 6.07 Å². The first-order chi connectivity index (χ1) is 11.4. The van der Waals surface area contributed by atoms with E-state index < -0.39 is 11.7 Å². The van der Waals surface area contributed by atoms with Gasteiger partial charge in [-0.2, -0.15) is 18.4 Å². The van der Waals surface area contributed by atoms with Crippen molar-refractivity contribution in [2.24, 2.45) is 0 Å². The van der Waals surface area contributed by atoms with Crippen LogP contribution in [0, 0.1) is 11.3 Å². The Hall–Kier alpha value is -2.34. The summed E-state index contributed by atoms with van der Waals surface area (Å²) < 4.78 is 37.2. The third-order valence-corrected chi connectivity index (χ3v) is 3.70. The largest absolute Gasteiger partial charge is 0.417 e. The Labute approximate surface area is 137 Å². The molecule has 1 saturated heterocycles. The molecule has 2 N–H and O–H groups in total. The lowest BCUT2D eigenvalue weighted by molar-refractivity contribution is -0.137. The molecule has 1 aliphatic rings. The summed E-state index contributed by atoms with van der Waals surface area (Å²) in [4.78, 5) is 17.2. The van der Waals surface area contributed by atoms with E-state index in [2.05, 4.69) is 21.7 Å². The molecular formula is C15H18F3N5O. The molecule has 1 fully saturated rings. The second kappa shape index (κ2) is 7.97. The van der Waals surface area contributed by atoms with Gasteiger partial charge in [0, 0.05) is 25.8 Å². The summed E-state index contributed by atoms with van der Waals surface area (Å²) >= 11 is 0. The Bertz CT molecular complexity index is 597. The van der Waals surface area contributed by atoms with Crippen molar-refractivity contribution in [2.45, 2.75) is 25.1 Å². The highest BCUT2D eigenvalue weighted by Crippen LogP contribution is 2.28. The SMILES string of the molecule is N#C[C@@H]1CCCN1C(=O)CNCCNc1ccc(C(F)(F)F)cn1. The van der Waals surface area contributed by atoms with Crippen LogP contribution in [0.5, 0.6) is 0 Å². The quantitative estimate of drug-likeness (QED) is 0.769. The van der Waals surface area contributed by atoms with Gasteiger partial charge >= 0.3 is 6.18 Å². The van der Waals surface area contributed by atoms with E-state index >= 15 is 0 Å². The number of carbonyl (C=O) groups is 1. The summed E-state index contributed by atoms with van der Waals surface area (Å²) in [6.07, 6.45) is -2.08. The molecule has 1 aromatic heterocycles. The first-order valence-electron chi connectivity index (χ1n) is 7.59. The number of anilines is 1. The fraction of sp³-hybridized carbons (Fsp3) is 0.533. The number of likely N-dealkylation sites (tertiary alicyclic amines) is 1. The monoisotopic (exact) mass is 341 g/mol. The van der Waals surface area contributed by atoms with Gasteiger partial charge in [-0.3, -0.25) is 4.79 Å². The van der Waals surface area contributed by atoms with E-state index in [0.29, 0.717) is 31.9 Å². The highest BCUT2D eigenvalue weighted by Gasteiger charge is 2.30. The van der Waals surface area contributed by atoms with Gasteiger partial charge in [0.05, 0.1) is 18.2 Å². The van der Waals surface area contributed by atoms with E-state index in [1.54, 1.807) is 4.90 Å². The number of rotatable bonds is 6. The highest BCUT2D eigenvalue weighted by molar-refractivity contribution is 5.79. The van der Waals surface area contributed by atoms with E-state index in [0.717, 1.165) is 18.7 Å². The fourth-order valence-corrected chi connectivity index (χ4v) is 2.44. The van der Waals surface area contributed by atoms with Gasteiger partial charge in [0.15, 0.2) is 0 Å². The van der Waals surface area contributed by atoms with Gasteiger partial charge in [-0.15, -0.1) is 0 Å². The molecule has 1 aliphatic heterocycles. The molecule has 0 aliphatic carbocycles. The van der Waals surface area contributed by atoms with E-state index in [-0.39, 0.29) is 18.5 Å². The van der Waals surface area contributed by atoms with E-state index in [1.807, 2.05) is 0 Å². The summed E-state index contributed by atoms with van der Waals surface area (Å²) in [6.45, 7) is 1.58. The van der Waals surface area contributed by atoms with Gasteiger partial charge < -0.3 is 15.5 Å². The number of pyridine rings is 1. The van der Waals surface area contributed by atoms with Gasteiger partial charge in [0.25, 0.3) is 0 Å². The van der Waals surface area contributed by atoms with Crippen molar-refractivity contribution in [3.63, 3.8) is 0 Å². The van der Waals surface area contributed by atoms with E-state index in [4.69, 9.17) is 5.26 Å². The molecule has 2 heterocycles. The minimum atomic E-state index is -4.40. The Morgan fingerprint density at radius 3 is 2.83 bits per heavy atom. The summed E-state index contributed by atoms with van der Waals surface area (Å²) in [6, 6.07) is 3.99. The van der Waals surface area contributed by atoms with Gasteiger partial charge in [-0.05, 0) is 25.0 Å². The molecule has 0 aromatic carbocycles. The van der Waals surface area contributed by atoms with Crippen LogP contribution in [-0.4, -0.2) is 48.0 Å². The Morgan fingerprint density at radius 1 is 1.42 bits per heavy atom. The van der Waals surface area contributed by atoms with Gasteiger partial charge in [-0.25, -0.2) is 4.98 Å². The highest BCUT2D eigenvalue weighted by atomic mass is 19.4. The van der Waals surface area contributed by atoms with Crippen molar-refractivity contribution in [2.75, 3.05) is 31.5 Å².